The Bertz CT molecular complexity index is 669. The van der Waals surface area contributed by atoms with Crippen molar-refractivity contribution in [2.75, 3.05) is 32.1 Å². The van der Waals surface area contributed by atoms with Gasteiger partial charge >= 0.3 is 0 Å². The Balaban J connectivity index is 1.72. The van der Waals surface area contributed by atoms with Gasteiger partial charge in [-0.25, -0.2) is 0 Å². The topological polar surface area (TPSA) is 58.6 Å². The van der Waals surface area contributed by atoms with Crippen molar-refractivity contribution in [1.82, 2.24) is 4.90 Å². The minimum Gasteiger partial charge on any atom is -0.492 e. The first-order chi connectivity index (χ1) is 11.5. The summed E-state index contributed by atoms with van der Waals surface area (Å²) in [5.41, 5.74) is 1.31. The molecule has 0 bridgehead atoms. The predicted octanol–water partition coefficient (Wildman–Crippen LogP) is 2.84. The minimum absolute atomic E-state index is 0.00558. The first kappa shape index (κ1) is 17.7. The molecule has 1 N–H and O–H groups in total. The van der Waals surface area contributed by atoms with Crippen LogP contribution < -0.4 is 10.1 Å². The Kier molecular flexibility index (Phi) is 6.51. The number of carbonyl (C=O) groups excluding carboxylic acids is 2. The molecule has 0 aliphatic heterocycles. The van der Waals surface area contributed by atoms with Crippen LogP contribution in [0.3, 0.4) is 0 Å². The second-order valence-electron chi connectivity index (χ2n) is 5.58. The molecule has 0 saturated heterocycles. The average molecular weight is 326 g/mol. The van der Waals surface area contributed by atoms with Crippen LogP contribution in [-0.2, 0) is 4.79 Å². The molecule has 126 valence electrons. The number of nitrogens with zero attached hydrogens (tertiary/aromatic N) is 1. The summed E-state index contributed by atoms with van der Waals surface area (Å²) >= 11 is 0. The molecule has 0 aromatic heterocycles. The average Bonchev–Trinajstić information content (AvgIpc) is 2.56. The number of amides is 1. The third-order valence-corrected chi connectivity index (χ3v) is 3.47. The molecule has 0 spiro atoms. The maximum atomic E-state index is 12.0. The van der Waals surface area contributed by atoms with Gasteiger partial charge in [0.05, 0.1) is 6.54 Å². The summed E-state index contributed by atoms with van der Waals surface area (Å²) in [6, 6.07) is 16.4. The van der Waals surface area contributed by atoms with E-state index in [-0.39, 0.29) is 18.2 Å². The van der Waals surface area contributed by atoms with Gasteiger partial charge in [0.2, 0.25) is 5.91 Å². The second-order valence-corrected chi connectivity index (χ2v) is 5.58. The van der Waals surface area contributed by atoms with E-state index in [4.69, 9.17) is 4.74 Å². The van der Waals surface area contributed by atoms with Crippen LogP contribution in [0.15, 0.2) is 54.6 Å². The van der Waals surface area contributed by atoms with E-state index in [9.17, 15) is 9.59 Å². The van der Waals surface area contributed by atoms with Gasteiger partial charge in [0, 0.05) is 17.8 Å². The van der Waals surface area contributed by atoms with Crippen LogP contribution in [0.5, 0.6) is 5.75 Å². The highest BCUT2D eigenvalue weighted by molar-refractivity contribution is 5.96. The van der Waals surface area contributed by atoms with Crippen molar-refractivity contribution in [3.05, 3.63) is 60.2 Å². The van der Waals surface area contributed by atoms with Gasteiger partial charge in [0.15, 0.2) is 5.78 Å². The number of ketones is 1. The molecule has 0 heterocycles. The third-order valence-electron chi connectivity index (χ3n) is 3.47. The maximum absolute atomic E-state index is 12.0. The van der Waals surface area contributed by atoms with E-state index in [0.29, 0.717) is 24.4 Å². The number of benzene rings is 2. The highest BCUT2D eigenvalue weighted by Crippen LogP contribution is 2.10. The SMILES string of the molecule is CC(=O)c1ccc(NC(=O)CN(C)CCOc2ccccc2)cc1. The van der Waals surface area contributed by atoms with Crippen LogP contribution in [0.25, 0.3) is 0 Å². The van der Waals surface area contributed by atoms with Gasteiger partial charge in [-0.15, -0.1) is 0 Å². The fourth-order valence-corrected chi connectivity index (χ4v) is 2.15. The summed E-state index contributed by atoms with van der Waals surface area (Å²) in [5.74, 6) is 0.722. The summed E-state index contributed by atoms with van der Waals surface area (Å²) in [5, 5.41) is 2.81. The molecule has 0 radical (unpaired) electrons. The van der Waals surface area contributed by atoms with Crippen LogP contribution in [-0.4, -0.2) is 43.3 Å². The first-order valence-corrected chi connectivity index (χ1v) is 7.82. The quantitative estimate of drug-likeness (QED) is 0.758. The third kappa shape index (κ3) is 5.85. The zero-order valence-electron chi connectivity index (χ0n) is 14.0. The lowest BCUT2D eigenvalue weighted by Crippen LogP contribution is -2.33. The minimum atomic E-state index is -0.104. The monoisotopic (exact) mass is 326 g/mol. The van der Waals surface area contributed by atoms with E-state index in [1.54, 1.807) is 24.3 Å². The Morgan fingerprint density at radius 2 is 1.71 bits per heavy atom. The Hall–Kier alpha value is -2.66. The molecule has 0 aliphatic carbocycles. The molecule has 0 aliphatic rings. The molecule has 5 heteroatoms. The molecule has 1 amide bonds. The van der Waals surface area contributed by atoms with E-state index < -0.39 is 0 Å². The fraction of sp³-hybridized carbons (Fsp3) is 0.263. The maximum Gasteiger partial charge on any atom is 0.238 e. The molecule has 0 fully saturated rings. The van der Waals surface area contributed by atoms with Crippen LogP contribution in [0.2, 0.25) is 0 Å². The van der Waals surface area contributed by atoms with E-state index >= 15 is 0 Å². The van der Waals surface area contributed by atoms with Crippen LogP contribution in [0, 0.1) is 0 Å². The van der Waals surface area contributed by atoms with E-state index in [1.165, 1.54) is 6.92 Å². The van der Waals surface area contributed by atoms with Crippen molar-refractivity contribution in [3.63, 3.8) is 0 Å². The first-order valence-electron chi connectivity index (χ1n) is 7.82. The van der Waals surface area contributed by atoms with Crippen molar-refractivity contribution in [2.24, 2.45) is 0 Å². The fourth-order valence-electron chi connectivity index (χ4n) is 2.15. The van der Waals surface area contributed by atoms with E-state index in [1.807, 2.05) is 42.3 Å². The second kappa shape index (κ2) is 8.84. The molecule has 2 rings (SSSR count). The molecule has 24 heavy (non-hydrogen) atoms. The number of Topliss-reactive ketones (excluding diaryl/α,β-unsaturated/α-hetero) is 1. The van der Waals surface area contributed by atoms with Crippen molar-refractivity contribution in [3.8, 4) is 5.75 Å². The lowest BCUT2D eigenvalue weighted by Gasteiger charge is -2.16. The number of hydrogen-bond donors (Lipinski definition) is 1. The Morgan fingerprint density at radius 1 is 1.04 bits per heavy atom. The predicted molar refractivity (Wildman–Crippen MR) is 94.5 cm³/mol. The Morgan fingerprint density at radius 3 is 2.33 bits per heavy atom. The number of nitrogens with one attached hydrogen (secondary N) is 1. The lowest BCUT2D eigenvalue weighted by molar-refractivity contribution is -0.117. The molecular weight excluding hydrogens is 304 g/mol. The van der Waals surface area contributed by atoms with Gasteiger partial charge in [-0.05, 0) is 50.4 Å². The largest absolute Gasteiger partial charge is 0.492 e. The van der Waals surface area contributed by atoms with Crippen molar-refractivity contribution >= 4 is 17.4 Å². The molecule has 0 atom stereocenters. The smallest absolute Gasteiger partial charge is 0.238 e. The number of carbonyl (C=O) groups is 2. The van der Waals surface area contributed by atoms with Crippen LogP contribution in [0.4, 0.5) is 5.69 Å². The summed E-state index contributed by atoms with van der Waals surface area (Å²) in [6.45, 7) is 2.94. The molecule has 0 saturated carbocycles. The molecule has 5 nitrogen and oxygen atoms in total. The number of anilines is 1. The zero-order chi connectivity index (χ0) is 17.4. The van der Waals surface area contributed by atoms with Crippen molar-refractivity contribution < 1.29 is 14.3 Å². The number of hydrogen-bond acceptors (Lipinski definition) is 4. The van der Waals surface area contributed by atoms with Gasteiger partial charge in [0.25, 0.3) is 0 Å². The summed E-state index contributed by atoms with van der Waals surface area (Å²) in [6.07, 6.45) is 0. The van der Waals surface area contributed by atoms with E-state index in [0.717, 1.165) is 5.75 Å². The normalized spacial score (nSPS) is 10.5. The molecule has 2 aromatic carbocycles. The lowest BCUT2D eigenvalue weighted by atomic mass is 10.1. The van der Waals surface area contributed by atoms with Crippen LogP contribution in [0.1, 0.15) is 17.3 Å². The van der Waals surface area contributed by atoms with Gasteiger partial charge in [0.1, 0.15) is 12.4 Å². The molecule has 0 unspecified atom stereocenters. The Labute approximate surface area is 142 Å². The highest BCUT2D eigenvalue weighted by atomic mass is 16.5. The number of ether oxygens (including phenoxy) is 1. The van der Waals surface area contributed by atoms with Crippen molar-refractivity contribution in [2.45, 2.75) is 6.92 Å². The van der Waals surface area contributed by atoms with Gasteiger partial charge in [-0.1, -0.05) is 18.2 Å². The standard InChI is InChI=1S/C19H22N2O3/c1-15(22)16-8-10-17(11-9-16)20-19(23)14-21(2)12-13-24-18-6-4-3-5-7-18/h3-11H,12-14H2,1-2H3,(H,20,23). The van der Waals surface area contributed by atoms with Crippen molar-refractivity contribution in [1.29, 1.82) is 0 Å². The molecular formula is C19H22N2O3. The summed E-state index contributed by atoms with van der Waals surface area (Å²) in [7, 11) is 1.87. The van der Waals surface area contributed by atoms with Gasteiger partial charge in [-0.3, -0.25) is 14.5 Å². The van der Waals surface area contributed by atoms with Gasteiger partial charge in [-0.2, -0.15) is 0 Å². The summed E-state index contributed by atoms with van der Waals surface area (Å²) < 4.78 is 5.61. The number of likely N-dealkylation sites (N-methyl/N-ethyl adjacent to an activating group) is 1. The number of para-hydroxylation sites is 1. The zero-order valence-corrected chi connectivity index (χ0v) is 14.0. The van der Waals surface area contributed by atoms with E-state index in [2.05, 4.69) is 5.32 Å². The summed E-state index contributed by atoms with van der Waals surface area (Å²) in [4.78, 5) is 25.1. The van der Waals surface area contributed by atoms with Crippen LogP contribution >= 0.6 is 0 Å². The van der Waals surface area contributed by atoms with Gasteiger partial charge < -0.3 is 10.1 Å². The molecule has 2 aromatic rings. The highest BCUT2D eigenvalue weighted by Gasteiger charge is 2.07. The number of rotatable bonds is 8.